The number of benzene rings is 1. The zero-order valence-corrected chi connectivity index (χ0v) is 18.2. The van der Waals surface area contributed by atoms with E-state index in [1.807, 2.05) is 29.6 Å². The van der Waals surface area contributed by atoms with Gasteiger partial charge in [-0.3, -0.25) is 9.20 Å². The van der Waals surface area contributed by atoms with Crippen molar-refractivity contribution in [3.63, 3.8) is 0 Å². The molecular formula is C22H21N3O3S2. The Morgan fingerprint density at radius 2 is 1.90 bits per heavy atom. The largest absolute Gasteiger partial charge is 0.339 e. The number of fused-ring (bicyclic) bond motifs is 1. The standard InChI is InChI=1S/C22H21N3O3S2/c1-3-15-9-11-16(12-10-15)19(18-8-6-14-29-18)23-21(26)20-17-7-4-5-13-25(17)22(24-20)30(2,27)28/h4-14,19H,3H2,1-2H3,(H,23,26). The average Bonchev–Trinajstić information content (AvgIpc) is 3.40. The summed E-state index contributed by atoms with van der Waals surface area (Å²) in [6, 6.07) is 16.8. The van der Waals surface area contributed by atoms with Crippen LogP contribution in [0, 0.1) is 0 Å². The van der Waals surface area contributed by atoms with Crippen molar-refractivity contribution >= 4 is 32.6 Å². The van der Waals surface area contributed by atoms with Crippen molar-refractivity contribution in [2.75, 3.05) is 6.26 Å². The third-order valence-corrected chi connectivity index (χ3v) is 6.78. The summed E-state index contributed by atoms with van der Waals surface area (Å²) < 4.78 is 25.8. The summed E-state index contributed by atoms with van der Waals surface area (Å²) in [4.78, 5) is 18.4. The molecule has 4 rings (SSSR count). The van der Waals surface area contributed by atoms with E-state index in [1.54, 1.807) is 35.7 Å². The fraction of sp³-hybridized carbons (Fsp3) is 0.182. The van der Waals surface area contributed by atoms with Crippen molar-refractivity contribution in [3.8, 4) is 0 Å². The Hall–Kier alpha value is -2.97. The topological polar surface area (TPSA) is 80.5 Å². The predicted octanol–water partition coefficient (Wildman–Crippen LogP) is 3.88. The lowest BCUT2D eigenvalue weighted by Gasteiger charge is -2.18. The number of hydrogen-bond acceptors (Lipinski definition) is 5. The van der Waals surface area contributed by atoms with Gasteiger partial charge in [0, 0.05) is 17.3 Å². The number of imidazole rings is 1. The highest BCUT2D eigenvalue weighted by Crippen LogP contribution is 2.27. The van der Waals surface area contributed by atoms with Crippen molar-refractivity contribution in [2.45, 2.75) is 24.5 Å². The summed E-state index contributed by atoms with van der Waals surface area (Å²) in [5.74, 6) is -0.424. The van der Waals surface area contributed by atoms with Crippen molar-refractivity contribution in [3.05, 3.63) is 87.9 Å². The van der Waals surface area contributed by atoms with Crippen LogP contribution in [0.15, 0.2) is 71.3 Å². The van der Waals surface area contributed by atoms with E-state index in [1.165, 1.54) is 9.96 Å². The number of carbonyl (C=O) groups is 1. The first kappa shape index (κ1) is 20.3. The van der Waals surface area contributed by atoms with Crippen LogP contribution in [0.3, 0.4) is 0 Å². The number of rotatable bonds is 6. The monoisotopic (exact) mass is 439 g/mol. The summed E-state index contributed by atoms with van der Waals surface area (Å²) in [5, 5.41) is 4.86. The maximum Gasteiger partial charge on any atom is 0.272 e. The van der Waals surface area contributed by atoms with Crippen molar-refractivity contribution in [1.29, 1.82) is 0 Å². The zero-order valence-electron chi connectivity index (χ0n) is 16.6. The fourth-order valence-corrected chi connectivity index (χ4v) is 4.93. The van der Waals surface area contributed by atoms with Crippen LogP contribution in [-0.4, -0.2) is 30.0 Å². The Kier molecular flexibility index (Phi) is 5.44. The number of nitrogens with zero attached hydrogens (tertiary/aromatic N) is 2. The van der Waals surface area contributed by atoms with Crippen molar-refractivity contribution in [1.82, 2.24) is 14.7 Å². The molecule has 0 saturated carbocycles. The lowest BCUT2D eigenvalue weighted by molar-refractivity contribution is 0.0940. The minimum Gasteiger partial charge on any atom is -0.339 e. The first-order valence-electron chi connectivity index (χ1n) is 9.48. The molecule has 0 spiro atoms. The summed E-state index contributed by atoms with van der Waals surface area (Å²) >= 11 is 1.55. The Labute approximate surface area is 179 Å². The number of nitrogens with one attached hydrogen (secondary N) is 1. The van der Waals surface area contributed by atoms with Gasteiger partial charge in [-0.05, 0) is 41.1 Å². The summed E-state index contributed by atoms with van der Waals surface area (Å²) in [5.41, 5.74) is 2.70. The second kappa shape index (κ2) is 8.04. The first-order valence-corrected chi connectivity index (χ1v) is 12.3. The molecule has 6 nitrogen and oxygen atoms in total. The first-order chi connectivity index (χ1) is 14.4. The number of aromatic nitrogens is 2. The lowest BCUT2D eigenvalue weighted by Crippen LogP contribution is -2.29. The molecule has 1 atom stereocenters. The van der Waals surface area contributed by atoms with Gasteiger partial charge in [-0.2, -0.15) is 0 Å². The van der Waals surface area contributed by atoms with E-state index in [9.17, 15) is 13.2 Å². The molecule has 1 amide bonds. The van der Waals surface area contributed by atoms with Crippen LogP contribution in [0.5, 0.6) is 0 Å². The highest BCUT2D eigenvalue weighted by Gasteiger charge is 2.25. The Morgan fingerprint density at radius 1 is 1.13 bits per heavy atom. The molecule has 0 saturated heterocycles. The number of carbonyl (C=O) groups excluding carboxylic acids is 1. The third-order valence-electron chi connectivity index (χ3n) is 4.89. The summed E-state index contributed by atoms with van der Waals surface area (Å²) in [6.45, 7) is 2.09. The molecule has 0 radical (unpaired) electrons. The second-order valence-corrected chi connectivity index (χ2v) is 9.88. The molecule has 0 aliphatic rings. The van der Waals surface area contributed by atoms with E-state index < -0.39 is 15.7 Å². The molecule has 3 heterocycles. The zero-order chi connectivity index (χ0) is 21.3. The van der Waals surface area contributed by atoms with E-state index >= 15 is 0 Å². The number of amides is 1. The third kappa shape index (κ3) is 3.88. The van der Waals surface area contributed by atoms with Gasteiger partial charge in [0.2, 0.25) is 15.0 Å². The van der Waals surface area contributed by atoms with Crippen LogP contribution in [0.4, 0.5) is 0 Å². The molecule has 4 aromatic rings. The van der Waals surface area contributed by atoms with E-state index in [0.29, 0.717) is 5.52 Å². The van der Waals surface area contributed by atoms with Gasteiger partial charge in [0.05, 0.1) is 11.6 Å². The molecule has 1 N–H and O–H groups in total. The van der Waals surface area contributed by atoms with Crippen LogP contribution < -0.4 is 5.32 Å². The van der Waals surface area contributed by atoms with Crippen LogP contribution in [0.2, 0.25) is 0 Å². The van der Waals surface area contributed by atoms with E-state index in [-0.39, 0.29) is 16.9 Å². The van der Waals surface area contributed by atoms with Crippen LogP contribution >= 0.6 is 11.3 Å². The lowest BCUT2D eigenvalue weighted by atomic mass is 10.0. The Morgan fingerprint density at radius 3 is 2.53 bits per heavy atom. The quantitative estimate of drug-likeness (QED) is 0.494. The number of aryl methyl sites for hydroxylation is 1. The van der Waals surface area contributed by atoms with Crippen LogP contribution in [-0.2, 0) is 16.3 Å². The van der Waals surface area contributed by atoms with Gasteiger partial charge in [0.25, 0.3) is 5.91 Å². The molecular weight excluding hydrogens is 418 g/mol. The smallest absolute Gasteiger partial charge is 0.272 e. The molecule has 3 aromatic heterocycles. The van der Waals surface area contributed by atoms with E-state index in [0.717, 1.165) is 23.1 Å². The minimum atomic E-state index is -3.60. The molecule has 1 aromatic carbocycles. The molecule has 0 aliphatic carbocycles. The maximum absolute atomic E-state index is 13.2. The van der Waals surface area contributed by atoms with Gasteiger partial charge in [0.15, 0.2) is 5.69 Å². The van der Waals surface area contributed by atoms with Gasteiger partial charge in [-0.1, -0.05) is 43.3 Å². The molecule has 0 fully saturated rings. The Balaban J connectivity index is 1.75. The number of thiophene rings is 1. The molecule has 30 heavy (non-hydrogen) atoms. The van der Waals surface area contributed by atoms with Crippen LogP contribution in [0.1, 0.15) is 39.5 Å². The average molecular weight is 440 g/mol. The van der Waals surface area contributed by atoms with Gasteiger partial charge >= 0.3 is 0 Å². The predicted molar refractivity (Wildman–Crippen MR) is 118 cm³/mol. The van der Waals surface area contributed by atoms with Gasteiger partial charge in [-0.15, -0.1) is 11.3 Å². The second-order valence-electron chi connectivity index (χ2n) is 6.99. The van der Waals surface area contributed by atoms with Crippen LogP contribution in [0.25, 0.3) is 5.52 Å². The molecule has 154 valence electrons. The Bertz CT molecular complexity index is 1290. The molecule has 1 unspecified atom stereocenters. The molecule has 0 aliphatic heterocycles. The number of sulfone groups is 1. The fourth-order valence-electron chi connectivity index (χ4n) is 3.36. The van der Waals surface area contributed by atoms with E-state index in [4.69, 9.17) is 0 Å². The maximum atomic E-state index is 13.2. The number of hydrogen-bond donors (Lipinski definition) is 1. The minimum absolute atomic E-state index is 0.0859. The molecule has 8 heteroatoms. The normalized spacial score (nSPS) is 12.7. The molecule has 0 bridgehead atoms. The highest BCUT2D eigenvalue weighted by molar-refractivity contribution is 7.90. The summed E-state index contributed by atoms with van der Waals surface area (Å²) in [7, 11) is -3.60. The SMILES string of the molecule is CCc1ccc(C(NC(=O)c2nc(S(C)(=O)=O)n3ccccc23)c2cccs2)cc1. The summed E-state index contributed by atoms with van der Waals surface area (Å²) in [6.07, 6.45) is 3.61. The number of pyridine rings is 1. The van der Waals surface area contributed by atoms with Gasteiger partial charge in [0.1, 0.15) is 0 Å². The van der Waals surface area contributed by atoms with Crippen molar-refractivity contribution < 1.29 is 13.2 Å². The van der Waals surface area contributed by atoms with Gasteiger partial charge < -0.3 is 5.32 Å². The van der Waals surface area contributed by atoms with Crippen molar-refractivity contribution in [2.24, 2.45) is 0 Å². The van der Waals surface area contributed by atoms with Gasteiger partial charge in [-0.25, -0.2) is 13.4 Å². The van der Waals surface area contributed by atoms with E-state index in [2.05, 4.69) is 29.4 Å². The highest BCUT2D eigenvalue weighted by atomic mass is 32.2.